The Morgan fingerprint density at radius 1 is 1.29 bits per heavy atom. The lowest BCUT2D eigenvalue weighted by atomic mass is 10.2. The van der Waals surface area contributed by atoms with Gasteiger partial charge in [0.05, 0.1) is 16.0 Å². The lowest BCUT2D eigenvalue weighted by Gasteiger charge is -2.06. The predicted octanol–water partition coefficient (Wildman–Crippen LogP) is 5.45. The van der Waals surface area contributed by atoms with Gasteiger partial charge in [-0.2, -0.15) is 0 Å². The third-order valence-corrected chi connectivity index (χ3v) is 5.98. The Kier molecular flexibility index (Phi) is 6.26. The number of hydrogen-bond acceptors (Lipinski definition) is 4. The van der Waals surface area contributed by atoms with Crippen molar-refractivity contribution in [2.24, 2.45) is 0 Å². The predicted molar refractivity (Wildman–Crippen MR) is 94.1 cm³/mol. The summed E-state index contributed by atoms with van der Waals surface area (Å²) in [4.78, 5) is 12.9. The molecule has 1 N–H and O–H groups in total. The molecule has 0 amide bonds. The molecule has 3 nitrogen and oxygen atoms in total. The standard InChI is InChI=1S/C15H15Br2NO2S/c1-2-7-20-15(19)10-3-5-11(6-4-10)18-9-12-8-13(16)14(17)21-12/h3-6,8,18H,2,7,9H2,1H3. The van der Waals surface area contributed by atoms with Gasteiger partial charge in [-0.25, -0.2) is 4.79 Å². The van der Waals surface area contributed by atoms with Crippen LogP contribution in [0.1, 0.15) is 28.6 Å². The minimum Gasteiger partial charge on any atom is -0.462 e. The molecule has 112 valence electrons. The smallest absolute Gasteiger partial charge is 0.338 e. The number of anilines is 1. The molecular formula is C15H15Br2NO2S. The summed E-state index contributed by atoms with van der Waals surface area (Å²) < 4.78 is 7.25. The van der Waals surface area contributed by atoms with E-state index in [9.17, 15) is 4.79 Å². The summed E-state index contributed by atoms with van der Waals surface area (Å²) in [5.41, 5.74) is 1.55. The quantitative estimate of drug-likeness (QED) is 0.616. The highest BCUT2D eigenvalue weighted by Gasteiger charge is 2.07. The minimum atomic E-state index is -0.269. The normalized spacial score (nSPS) is 10.4. The molecule has 0 aliphatic heterocycles. The zero-order valence-corrected chi connectivity index (χ0v) is 15.5. The van der Waals surface area contributed by atoms with E-state index in [1.165, 1.54) is 4.88 Å². The van der Waals surface area contributed by atoms with Crippen molar-refractivity contribution in [3.8, 4) is 0 Å². The van der Waals surface area contributed by atoms with E-state index in [4.69, 9.17) is 4.74 Å². The van der Waals surface area contributed by atoms with E-state index in [0.29, 0.717) is 12.2 Å². The molecule has 1 heterocycles. The van der Waals surface area contributed by atoms with E-state index in [1.54, 1.807) is 23.5 Å². The van der Waals surface area contributed by atoms with E-state index >= 15 is 0 Å². The molecule has 0 aliphatic carbocycles. The number of nitrogens with one attached hydrogen (secondary N) is 1. The van der Waals surface area contributed by atoms with Crippen molar-refractivity contribution >= 4 is 54.9 Å². The van der Waals surface area contributed by atoms with E-state index < -0.39 is 0 Å². The monoisotopic (exact) mass is 431 g/mol. The van der Waals surface area contributed by atoms with Crippen molar-refractivity contribution in [3.63, 3.8) is 0 Å². The number of hydrogen-bond donors (Lipinski definition) is 1. The molecule has 0 radical (unpaired) electrons. The van der Waals surface area contributed by atoms with Crippen LogP contribution in [-0.2, 0) is 11.3 Å². The summed E-state index contributed by atoms with van der Waals surface area (Å²) in [6.45, 7) is 3.18. The number of benzene rings is 1. The maximum atomic E-state index is 11.7. The maximum absolute atomic E-state index is 11.7. The zero-order valence-electron chi connectivity index (χ0n) is 11.5. The van der Waals surface area contributed by atoms with Gasteiger partial charge in [0.25, 0.3) is 0 Å². The van der Waals surface area contributed by atoms with Gasteiger partial charge in [0.15, 0.2) is 0 Å². The highest BCUT2D eigenvalue weighted by atomic mass is 79.9. The first kappa shape index (κ1) is 16.5. The number of ether oxygens (including phenoxy) is 1. The highest BCUT2D eigenvalue weighted by molar-refractivity contribution is 9.13. The van der Waals surface area contributed by atoms with E-state index in [1.807, 2.05) is 19.1 Å². The third kappa shape index (κ3) is 4.83. The fraction of sp³-hybridized carbons (Fsp3) is 0.267. The Bertz CT molecular complexity index is 591. The minimum absolute atomic E-state index is 0.269. The summed E-state index contributed by atoms with van der Waals surface area (Å²) in [6, 6.07) is 9.42. The van der Waals surface area contributed by atoms with Crippen molar-refractivity contribution in [2.45, 2.75) is 19.9 Å². The molecule has 1 aromatic carbocycles. The second kappa shape index (κ2) is 7.96. The van der Waals surface area contributed by atoms with Crippen molar-refractivity contribution in [1.82, 2.24) is 0 Å². The maximum Gasteiger partial charge on any atom is 0.338 e. The average molecular weight is 433 g/mol. The molecule has 0 aliphatic rings. The van der Waals surface area contributed by atoms with Crippen LogP contribution in [0, 0.1) is 0 Å². The first-order valence-corrected chi connectivity index (χ1v) is 8.95. The Morgan fingerprint density at radius 3 is 2.57 bits per heavy atom. The van der Waals surface area contributed by atoms with Crippen LogP contribution >= 0.6 is 43.2 Å². The van der Waals surface area contributed by atoms with Crippen molar-refractivity contribution in [3.05, 3.63) is 49.0 Å². The summed E-state index contributed by atoms with van der Waals surface area (Å²) in [5.74, 6) is -0.269. The van der Waals surface area contributed by atoms with Crippen molar-refractivity contribution in [1.29, 1.82) is 0 Å². The summed E-state index contributed by atoms with van der Waals surface area (Å²) >= 11 is 8.64. The van der Waals surface area contributed by atoms with Gasteiger partial charge in [-0.3, -0.25) is 0 Å². The molecule has 1 aromatic heterocycles. The average Bonchev–Trinajstić information content (AvgIpc) is 2.82. The third-order valence-electron chi connectivity index (χ3n) is 2.72. The lowest BCUT2D eigenvalue weighted by molar-refractivity contribution is 0.0505. The van der Waals surface area contributed by atoms with Crippen molar-refractivity contribution in [2.75, 3.05) is 11.9 Å². The van der Waals surface area contributed by atoms with Crippen LogP contribution < -0.4 is 5.32 Å². The van der Waals surface area contributed by atoms with Crippen LogP contribution in [0.2, 0.25) is 0 Å². The first-order valence-electron chi connectivity index (χ1n) is 6.55. The highest BCUT2D eigenvalue weighted by Crippen LogP contribution is 2.32. The summed E-state index contributed by atoms with van der Waals surface area (Å²) in [6.07, 6.45) is 0.831. The molecule has 0 saturated carbocycles. The van der Waals surface area contributed by atoms with Gasteiger partial charge in [-0.15, -0.1) is 11.3 Å². The molecule has 0 saturated heterocycles. The Hall–Kier alpha value is -0.850. The lowest BCUT2D eigenvalue weighted by Crippen LogP contribution is -2.06. The van der Waals surface area contributed by atoms with Gasteiger partial charge in [-0.05, 0) is 68.6 Å². The fourth-order valence-corrected chi connectivity index (χ4v) is 3.79. The molecule has 2 rings (SSSR count). The fourth-order valence-electron chi connectivity index (χ4n) is 1.67. The van der Waals surface area contributed by atoms with Gasteiger partial charge in [0.1, 0.15) is 0 Å². The molecule has 21 heavy (non-hydrogen) atoms. The Balaban J connectivity index is 1.91. The van der Waals surface area contributed by atoms with Crippen LogP contribution in [0.25, 0.3) is 0 Å². The molecule has 0 unspecified atom stereocenters. The number of thiophene rings is 1. The van der Waals surface area contributed by atoms with Gasteiger partial charge in [0.2, 0.25) is 0 Å². The molecule has 0 bridgehead atoms. The van der Waals surface area contributed by atoms with Crippen LogP contribution in [0.5, 0.6) is 0 Å². The van der Waals surface area contributed by atoms with Crippen LogP contribution in [0.4, 0.5) is 5.69 Å². The van der Waals surface area contributed by atoms with Crippen LogP contribution in [-0.4, -0.2) is 12.6 Å². The van der Waals surface area contributed by atoms with E-state index in [2.05, 4.69) is 43.2 Å². The summed E-state index contributed by atoms with van der Waals surface area (Å²) in [5, 5.41) is 3.33. The molecule has 6 heteroatoms. The molecular weight excluding hydrogens is 418 g/mol. The number of rotatable bonds is 6. The largest absolute Gasteiger partial charge is 0.462 e. The Morgan fingerprint density at radius 2 is 2.00 bits per heavy atom. The SMILES string of the molecule is CCCOC(=O)c1ccc(NCc2cc(Br)c(Br)s2)cc1. The zero-order chi connectivity index (χ0) is 15.2. The molecule has 0 spiro atoms. The van der Waals surface area contributed by atoms with Crippen molar-refractivity contribution < 1.29 is 9.53 Å². The van der Waals surface area contributed by atoms with E-state index in [0.717, 1.165) is 26.9 Å². The number of carbonyl (C=O) groups excluding carboxylic acids is 1. The second-order valence-electron chi connectivity index (χ2n) is 4.40. The molecule has 0 atom stereocenters. The van der Waals surface area contributed by atoms with Crippen LogP contribution in [0.15, 0.2) is 38.6 Å². The topological polar surface area (TPSA) is 38.3 Å². The first-order chi connectivity index (χ1) is 10.1. The number of carbonyl (C=O) groups is 1. The Labute approximate surface area is 145 Å². The number of esters is 1. The van der Waals surface area contributed by atoms with Crippen LogP contribution in [0.3, 0.4) is 0 Å². The second-order valence-corrected chi connectivity index (χ2v) is 7.71. The molecule has 2 aromatic rings. The van der Waals surface area contributed by atoms with E-state index in [-0.39, 0.29) is 5.97 Å². The van der Waals surface area contributed by atoms with Gasteiger partial charge in [-0.1, -0.05) is 6.92 Å². The van der Waals surface area contributed by atoms with Gasteiger partial charge in [0, 0.05) is 21.6 Å². The molecule has 0 fully saturated rings. The van der Waals surface area contributed by atoms with Gasteiger partial charge >= 0.3 is 5.97 Å². The summed E-state index contributed by atoms with van der Waals surface area (Å²) in [7, 11) is 0. The van der Waals surface area contributed by atoms with Gasteiger partial charge < -0.3 is 10.1 Å². The number of halogens is 2.